The Kier molecular flexibility index (Phi) is 4.10. The first-order valence-corrected chi connectivity index (χ1v) is 7.10. The number of nitrogens with zero attached hydrogens (tertiary/aromatic N) is 2. The van der Waals surface area contributed by atoms with Crippen LogP contribution in [0.15, 0.2) is 60.9 Å². The molecule has 0 amide bonds. The van der Waals surface area contributed by atoms with Crippen molar-refractivity contribution < 1.29 is 14.3 Å². The second-order valence-corrected chi connectivity index (χ2v) is 4.86. The predicted molar refractivity (Wildman–Crippen MR) is 86.9 cm³/mol. The molecule has 0 unspecified atom stereocenters. The van der Waals surface area contributed by atoms with Crippen LogP contribution >= 0.6 is 0 Å². The number of benzene rings is 2. The van der Waals surface area contributed by atoms with E-state index in [0.29, 0.717) is 5.56 Å². The SMILES string of the molecule is COC(=O)c1ccccc1-n1ccnc1-c1ccc(OC)cc1. The van der Waals surface area contributed by atoms with E-state index in [0.717, 1.165) is 22.8 Å². The van der Waals surface area contributed by atoms with Crippen molar-refractivity contribution in [2.75, 3.05) is 14.2 Å². The molecular weight excluding hydrogens is 292 g/mol. The van der Waals surface area contributed by atoms with Crippen LogP contribution in [0.5, 0.6) is 5.75 Å². The highest BCUT2D eigenvalue weighted by molar-refractivity contribution is 5.93. The Balaban J connectivity index is 2.09. The maximum atomic E-state index is 12.0. The van der Waals surface area contributed by atoms with Gasteiger partial charge in [-0.2, -0.15) is 0 Å². The number of carbonyl (C=O) groups excluding carboxylic acids is 1. The lowest BCUT2D eigenvalue weighted by Crippen LogP contribution is -2.08. The highest BCUT2D eigenvalue weighted by Crippen LogP contribution is 2.25. The summed E-state index contributed by atoms with van der Waals surface area (Å²) in [5.74, 6) is 1.14. The molecule has 0 saturated carbocycles. The fourth-order valence-corrected chi connectivity index (χ4v) is 2.42. The summed E-state index contributed by atoms with van der Waals surface area (Å²) in [5.41, 5.74) is 2.14. The molecule has 3 rings (SSSR count). The van der Waals surface area contributed by atoms with Gasteiger partial charge in [0.2, 0.25) is 0 Å². The zero-order chi connectivity index (χ0) is 16.2. The average Bonchev–Trinajstić information content (AvgIpc) is 3.10. The van der Waals surface area contributed by atoms with Gasteiger partial charge in [-0.05, 0) is 36.4 Å². The van der Waals surface area contributed by atoms with Gasteiger partial charge < -0.3 is 9.47 Å². The molecule has 116 valence electrons. The quantitative estimate of drug-likeness (QED) is 0.694. The Morgan fingerprint density at radius 2 is 1.78 bits per heavy atom. The Morgan fingerprint density at radius 3 is 2.48 bits per heavy atom. The van der Waals surface area contributed by atoms with Crippen LogP contribution in [0.3, 0.4) is 0 Å². The standard InChI is InChI=1S/C18H16N2O3/c1-22-14-9-7-13(8-10-14)17-19-11-12-20(17)16-6-4-3-5-15(16)18(21)23-2/h3-12H,1-2H3. The number of methoxy groups -OCH3 is 2. The van der Waals surface area contributed by atoms with Crippen molar-refractivity contribution >= 4 is 5.97 Å². The van der Waals surface area contributed by atoms with E-state index in [2.05, 4.69) is 4.98 Å². The molecule has 0 N–H and O–H groups in total. The monoisotopic (exact) mass is 308 g/mol. The number of aromatic nitrogens is 2. The molecule has 5 heteroatoms. The summed E-state index contributed by atoms with van der Waals surface area (Å²) >= 11 is 0. The van der Waals surface area contributed by atoms with Crippen molar-refractivity contribution in [1.29, 1.82) is 0 Å². The van der Waals surface area contributed by atoms with Crippen molar-refractivity contribution in [3.63, 3.8) is 0 Å². The molecule has 0 aliphatic rings. The van der Waals surface area contributed by atoms with Gasteiger partial charge in [-0.3, -0.25) is 4.57 Å². The lowest BCUT2D eigenvalue weighted by atomic mass is 10.1. The maximum absolute atomic E-state index is 12.0. The minimum Gasteiger partial charge on any atom is -0.497 e. The first-order chi connectivity index (χ1) is 11.2. The van der Waals surface area contributed by atoms with Gasteiger partial charge in [-0.15, -0.1) is 0 Å². The zero-order valence-corrected chi connectivity index (χ0v) is 12.9. The van der Waals surface area contributed by atoms with Crippen molar-refractivity contribution in [3.05, 3.63) is 66.5 Å². The van der Waals surface area contributed by atoms with Crippen LogP contribution in [0.1, 0.15) is 10.4 Å². The number of imidazole rings is 1. The van der Waals surface area contributed by atoms with Crippen LogP contribution in [0, 0.1) is 0 Å². The van der Waals surface area contributed by atoms with Gasteiger partial charge in [0.1, 0.15) is 11.6 Å². The summed E-state index contributed by atoms with van der Waals surface area (Å²) in [6.07, 6.45) is 3.52. The van der Waals surface area contributed by atoms with Gasteiger partial charge in [0, 0.05) is 18.0 Å². The average molecular weight is 308 g/mol. The van der Waals surface area contributed by atoms with Gasteiger partial charge in [0.25, 0.3) is 0 Å². The molecule has 5 nitrogen and oxygen atoms in total. The molecule has 0 bridgehead atoms. The van der Waals surface area contributed by atoms with E-state index in [9.17, 15) is 4.79 Å². The van der Waals surface area contributed by atoms with Crippen LogP contribution in [0.4, 0.5) is 0 Å². The largest absolute Gasteiger partial charge is 0.497 e. The lowest BCUT2D eigenvalue weighted by molar-refractivity contribution is 0.0601. The molecule has 3 aromatic rings. The maximum Gasteiger partial charge on any atom is 0.339 e. The molecule has 1 heterocycles. The number of esters is 1. The van der Waals surface area contributed by atoms with Crippen molar-refractivity contribution in [1.82, 2.24) is 9.55 Å². The second-order valence-electron chi connectivity index (χ2n) is 4.86. The van der Waals surface area contributed by atoms with Gasteiger partial charge in [0.15, 0.2) is 0 Å². The van der Waals surface area contributed by atoms with Crippen LogP contribution in [0.25, 0.3) is 17.1 Å². The van der Waals surface area contributed by atoms with Crippen LogP contribution in [-0.2, 0) is 4.74 Å². The van der Waals surface area contributed by atoms with Crippen molar-refractivity contribution in [2.45, 2.75) is 0 Å². The topological polar surface area (TPSA) is 53.4 Å². The third kappa shape index (κ3) is 2.81. The third-order valence-electron chi connectivity index (χ3n) is 3.56. The Hall–Kier alpha value is -3.08. The number of rotatable bonds is 4. The number of para-hydroxylation sites is 1. The van der Waals surface area contributed by atoms with E-state index in [-0.39, 0.29) is 5.97 Å². The predicted octanol–water partition coefficient (Wildman–Crippen LogP) is 3.33. The van der Waals surface area contributed by atoms with Gasteiger partial charge >= 0.3 is 5.97 Å². The molecule has 0 aliphatic heterocycles. The van der Waals surface area contributed by atoms with Crippen molar-refractivity contribution in [3.8, 4) is 22.8 Å². The molecule has 0 saturated heterocycles. The molecular formula is C18H16N2O3. The van der Waals surface area contributed by atoms with Crippen LogP contribution < -0.4 is 4.74 Å². The van der Waals surface area contributed by atoms with E-state index in [1.807, 2.05) is 47.2 Å². The third-order valence-corrected chi connectivity index (χ3v) is 3.56. The van der Waals surface area contributed by atoms with Crippen molar-refractivity contribution in [2.24, 2.45) is 0 Å². The van der Waals surface area contributed by atoms with Gasteiger partial charge in [-0.1, -0.05) is 12.1 Å². The molecule has 2 aromatic carbocycles. The number of carbonyl (C=O) groups is 1. The van der Waals surface area contributed by atoms with Crippen LogP contribution in [-0.4, -0.2) is 29.7 Å². The number of hydrogen-bond donors (Lipinski definition) is 0. The Labute approximate surface area is 134 Å². The summed E-state index contributed by atoms with van der Waals surface area (Å²) in [6, 6.07) is 14.9. The molecule has 0 fully saturated rings. The summed E-state index contributed by atoms with van der Waals surface area (Å²) in [5, 5.41) is 0. The summed E-state index contributed by atoms with van der Waals surface area (Å²) in [7, 11) is 3.00. The molecule has 1 aromatic heterocycles. The first-order valence-electron chi connectivity index (χ1n) is 7.10. The molecule has 0 spiro atoms. The van der Waals surface area contributed by atoms with E-state index in [1.54, 1.807) is 25.4 Å². The second kappa shape index (κ2) is 6.36. The summed E-state index contributed by atoms with van der Waals surface area (Å²) in [4.78, 5) is 16.4. The van der Waals surface area contributed by atoms with Gasteiger partial charge in [-0.25, -0.2) is 9.78 Å². The minimum absolute atomic E-state index is 0.380. The lowest BCUT2D eigenvalue weighted by Gasteiger charge is -2.12. The number of ether oxygens (including phenoxy) is 2. The fraction of sp³-hybridized carbons (Fsp3) is 0.111. The van der Waals surface area contributed by atoms with E-state index < -0.39 is 0 Å². The fourth-order valence-electron chi connectivity index (χ4n) is 2.42. The molecule has 23 heavy (non-hydrogen) atoms. The smallest absolute Gasteiger partial charge is 0.339 e. The van der Waals surface area contributed by atoms with E-state index >= 15 is 0 Å². The summed E-state index contributed by atoms with van der Waals surface area (Å²) in [6.45, 7) is 0. The van der Waals surface area contributed by atoms with Crippen LogP contribution in [0.2, 0.25) is 0 Å². The highest BCUT2D eigenvalue weighted by Gasteiger charge is 2.15. The minimum atomic E-state index is -0.380. The molecule has 0 aliphatic carbocycles. The normalized spacial score (nSPS) is 10.3. The van der Waals surface area contributed by atoms with E-state index in [4.69, 9.17) is 9.47 Å². The Bertz CT molecular complexity index is 822. The first kappa shape index (κ1) is 14.8. The number of hydrogen-bond acceptors (Lipinski definition) is 4. The van der Waals surface area contributed by atoms with E-state index in [1.165, 1.54) is 7.11 Å². The zero-order valence-electron chi connectivity index (χ0n) is 12.9. The summed E-state index contributed by atoms with van der Waals surface area (Å²) < 4.78 is 11.9. The molecule has 0 radical (unpaired) electrons. The molecule has 0 atom stereocenters. The highest BCUT2D eigenvalue weighted by atomic mass is 16.5. The Morgan fingerprint density at radius 1 is 1.04 bits per heavy atom. The van der Waals surface area contributed by atoms with Gasteiger partial charge in [0.05, 0.1) is 25.5 Å².